The van der Waals surface area contributed by atoms with E-state index in [0.717, 1.165) is 75.4 Å². The molecule has 0 N–H and O–H groups in total. The van der Waals surface area contributed by atoms with Gasteiger partial charge in [0.05, 0.1) is 14.2 Å². The van der Waals surface area contributed by atoms with Crippen LogP contribution < -0.4 is 9.47 Å². The van der Waals surface area contributed by atoms with Gasteiger partial charge in [-0.2, -0.15) is 0 Å². The highest BCUT2D eigenvalue weighted by molar-refractivity contribution is 5.92. The smallest absolute Gasteiger partial charge is 0.331 e. The van der Waals surface area contributed by atoms with Crippen LogP contribution in [0, 0.1) is 22.5 Å². The average Bonchev–Trinajstić information content (AvgIpc) is 3.50. The topological polar surface area (TPSA) is 77.5 Å². The van der Waals surface area contributed by atoms with Crippen LogP contribution in [0.3, 0.4) is 0 Å². The van der Waals surface area contributed by atoms with E-state index in [2.05, 4.69) is 9.80 Å². The predicted molar refractivity (Wildman–Crippen MR) is 205 cm³/mol. The Balaban J connectivity index is 1.27. The number of rotatable bonds is 14. The van der Waals surface area contributed by atoms with Gasteiger partial charge in [0, 0.05) is 34.1 Å². The molecule has 2 aliphatic carbocycles. The Hall–Kier alpha value is -3.50. The van der Waals surface area contributed by atoms with E-state index in [1.807, 2.05) is 27.7 Å². The molecule has 0 saturated carbocycles. The Morgan fingerprint density at radius 3 is 1.35 bits per heavy atom. The highest BCUT2D eigenvalue weighted by Crippen LogP contribution is 2.60. The molecule has 2 fully saturated rings. The zero-order chi connectivity index (χ0) is 38.7. The van der Waals surface area contributed by atoms with Crippen molar-refractivity contribution in [3.63, 3.8) is 0 Å². The zero-order valence-corrected chi connectivity index (χ0v) is 33.3. The van der Waals surface area contributed by atoms with Crippen molar-refractivity contribution < 1.29 is 37.3 Å². The van der Waals surface area contributed by atoms with E-state index in [0.29, 0.717) is 36.8 Å². The SMILES string of the molecule is COc1c(F)ccc2c1C(CCCN1CCCCC1)(OC(=O)/C=C/C(=O)OC1(CCCN3CCCCC3)c3c(ccc(F)c3OC)CC1(C)C)C(C)(C)C2. The Labute approximate surface area is 320 Å². The highest BCUT2D eigenvalue weighted by Gasteiger charge is 2.58. The largest absolute Gasteiger partial charge is 0.493 e. The Morgan fingerprint density at radius 1 is 0.630 bits per heavy atom. The van der Waals surface area contributed by atoms with E-state index >= 15 is 8.78 Å². The van der Waals surface area contributed by atoms with Gasteiger partial charge in [-0.25, -0.2) is 18.4 Å². The third kappa shape index (κ3) is 7.66. The van der Waals surface area contributed by atoms with Crippen molar-refractivity contribution in [1.82, 2.24) is 9.80 Å². The maximum Gasteiger partial charge on any atom is 0.331 e. The normalized spacial score (nSPS) is 25.0. The lowest BCUT2D eigenvalue weighted by atomic mass is 9.72. The lowest BCUT2D eigenvalue weighted by molar-refractivity contribution is -0.173. The molecule has 0 spiro atoms. The van der Waals surface area contributed by atoms with Gasteiger partial charge in [0.1, 0.15) is 11.2 Å². The molecule has 2 aliphatic heterocycles. The third-order valence-corrected chi connectivity index (χ3v) is 12.9. The van der Waals surface area contributed by atoms with Crippen LogP contribution in [0.15, 0.2) is 36.4 Å². The van der Waals surface area contributed by atoms with Crippen molar-refractivity contribution in [2.75, 3.05) is 53.5 Å². The van der Waals surface area contributed by atoms with E-state index in [4.69, 9.17) is 18.9 Å². The number of carbonyl (C=O) groups excluding carboxylic acids is 2. The van der Waals surface area contributed by atoms with Crippen LogP contribution in [-0.4, -0.2) is 75.2 Å². The summed E-state index contributed by atoms with van der Waals surface area (Å²) in [7, 11) is 2.87. The molecule has 296 valence electrons. The zero-order valence-electron chi connectivity index (χ0n) is 33.3. The molecule has 6 rings (SSSR count). The fraction of sp³-hybridized carbons (Fsp3) is 0.636. The quantitative estimate of drug-likeness (QED) is 0.141. The highest BCUT2D eigenvalue weighted by atomic mass is 19.1. The van der Waals surface area contributed by atoms with Gasteiger partial charge in [-0.1, -0.05) is 52.7 Å². The van der Waals surface area contributed by atoms with E-state index in [9.17, 15) is 9.59 Å². The number of nitrogens with zero attached hydrogens (tertiary/aromatic N) is 2. The number of hydrogen-bond donors (Lipinski definition) is 0. The molecule has 54 heavy (non-hydrogen) atoms. The van der Waals surface area contributed by atoms with Gasteiger partial charge in [-0.3, -0.25) is 0 Å². The van der Waals surface area contributed by atoms with E-state index < -0.39 is 45.6 Å². The number of fused-ring (bicyclic) bond motifs is 2. The van der Waals surface area contributed by atoms with Crippen molar-refractivity contribution in [2.45, 2.75) is 116 Å². The number of likely N-dealkylation sites (tertiary alicyclic amines) is 2. The molecule has 10 heteroatoms. The molecule has 2 atom stereocenters. The number of benzene rings is 2. The van der Waals surface area contributed by atoms with E-state index in [-0.39, 0.29) is 11.5 Å². The summed E-state index contributed by atoms with van der Waals surface area (Å²) < 4.78 is 54.9. The first-order valence-corrected chi connectivity index (χ1v) is 20.1. The van der Waals surface area contributed by atoms with Crippen LogP contribution in [0.5, 0.6) is 11.5 Å². The molecule has 0 aromatic heterocycles. The molecule has 2 aromatic carbocycles. The summed E-state index contributed by atoms with van der Waals surface area (Å²) in [5, 5.41) is 0. The minimum Gasteiger partial charge on any atom is -0.493 e. The molecule has 2 heterocycles. The number of piperidine rings is 2. The summed E-state index contributed by atoms with van der Waals surface area (Å²) in [5.74, 6) is -2.32. The van der Waals surface area contributed by atoms with Crippen molar-refractivity contribution in [1.29, 1.82) is 0 Å². The monoisotopic (exact) mass is 750 g/mol. The number of hydrogen-bond acceptors (Lipinski definition) is 8. The number of methoxy groups -OCH3 is 2. The van der Waals surface area contributed by atoms with Crippen molar-refractivity contribution in [2.24, 2.45) is 10.8 Å². The molecule has 2 aromatic rings. The minimum atomic E-state index is -1.20. The van der Waals surface area contributed by atoms with Crippen LogP contribution in [0.1, 0.15) is 114 Å². The number of carbonyl (C=O) groups is 2. The third-order valence-electron chi connectivity index (χ3n) is 12.9. The molecule has 0 radical (unpaired) electrons. The number of halogens is 2. The lowest BCUT2D eigenvalue weighted by Gasteiger charge is -2.42. The van der Waals surface area contributed by atoms with E-state index in [1.54, 1.807) is 12.1 Å². The molecular formula is C44H60F2N2O6. The van der Waals surface area contributed by atoms with Gasteiger partial charge >= 0.3 is 11.9 Å². The second-order valence-electron chi connectivity index (χ2n) is 17.2. The van der Waals surface area contributed by atoms with Crippen LogP contribution in [0.4, 0.5) is 8.78 Å². The Morgan fingerprint density at radius 2 is 1.00 bits per heavy atom. The van der Waals surface area contributed by atoms with Crippen molar-refractivity contribution in [3.05, 3.63) is 70.3 Å². The molecule has 4 aliphatic rings. The average molecular weight is 751 g/mol. The standard InChI is InChI=1S/C44H60F2N2O6/c1-41(2)29-31-15-17-33(45)39(51-5)37(31)43(41,21-13-27-47-23-9-7-10-24-47)53-35(49)19-20-36(50)54-44(22-14-28-48-25-11-8-12-26-48)38-32(30-42(44,3)4)16-18-34(46)40(38)52-6/h15-20H,7-14,21-30H2,1-6H3/b20-19+. The van der Waals surface area contributed by atoms with Gasteiger partial charge in [0.15, 0.2) is 23.1 Å². The minimum absolute atomic E-state index is 0.0852. The van der Waals surface area contributed by atoms with Crippen molar-refractivity contribution >= 4 is 11.9 Å². The van der Waals surface area contributed by atoms with Gasteiger partial charge in [-0.05, 0) is 127 Å². The molecule has 2 saturated heterocycles. The Bertz CT molecular complexity index is 1590. The van der Waals surface area contributed by atoms with Crippen LogP contribution in [-0.2, 0) is 43.1 Å². The summed E-state index contributed by atoms with van der Waals surface area (Å²) in [6.07, 6.45) is 12.9. The summed E-state index contributed by atoms with van der Waals surface area (Å²) >= 11 is 0. The predicted octanol–water partition coefficient (Wildman–Crippen LogP) is 8.41. The molecule has 2 unspecified atom stereocenters. The number of ether oxygens (including phenoxy) is 4. The fourth-order valence-electron chi connectivity index (χ4n) is 10.1. The Kier molecular flexibility index (Phi) is 12.1. The van der Waals surface area contributed by atoms with Gasteiger partial charge < -0.3 is 28.7 Å². The maximum atomic E-state index is 15.3. The first-order valence-electron chi connectivity index (χ1n) is 20.1. The fourth-order valence-corrected chi connectivity index (χ4v) is 10.1. The summed E-state index contributed by atoms with van der Waals surface area (Å²) in [6, 6.07) is 6.32. The first kappa shape index (κ1) is 40.2. The first-order chi connectivity index (χ1) is 25.8. The van der Waals surface area contributed by atoms with Crippen LogP contribution >= 0.6 is 0 Å². The molecule has 0 amide bonds. The number of esters is 2. The van der Waals surface area contributed by atoms with Gasteiger partial charge in [0.25, 0.3) is 0 Å². The molecular weight excluding hydrogens is 690 g/mol. The molecule has 8 nitrogen and oxygen atoms in total. The maximum absolute atomic E-state index is 15.3. The summed E-state index contributed by atoms with van der Waals surface area (Å²) in [6.45, 7) is 14.0. The van der Waals surface area contributed by atoms with Gasteiger partial charge in [0.2, 0.25) is 0 Å². The summed E-state index contributed by atoms with van der Waals surface area (Å²) in [5.41, 5.74) is -0.733. The second-order valence-corrected chi connectivity index (χ2v) is 17.2. The summed E-state index contributed by atoms with van der Waals surface area (Å²) in [4.78, 5) is 32.8. The van der Waals surface area contributed by atoms with Gasteiger partial charge in [-0.15, -0.1) is 0 Å². The van der Waals surface area contributed by atoms with E-state index in [1.165, 1.54) is 64.9 Å². The second kappa shape index (κ2) is 16.3. The van der Waals surface area contributed by atoms with Crippen LogP contribution in [0.2, 0.25) is 0 Å². The van der Waals surface area contributed by atoms with Crippen LogP contribution in [0.25, 0.3) is 0 Å². The molecule has 0 bridgehead atoms. The van der Waals surface area contributed by atoms with Crippen molar-refractivity contribution in [3.8, 4) is 11.5 Å². The lowest BCUT2D eigenvalue weighted by Crippen LogP contribution is -2.44.